The number of likely N-dealkylation sites (tertiary alicyclic amines) is 1. The van der Waals surface area contributed by atoms with Crippen LogP contribution in [-0.4, -0.2) is 54.5 Å². The number of piperidine rings is 1. The van der Waals surface area contributed by atoms with E-state index in [4.69, 9.17) is 0 Å². The molecule has 1 fully saturated rings. The molecule has 1 aliphatic heterocycles. The number of aromatic nitrogens is 3. The maximum absolute atomic E-state index is 12.8. The molecule has 0 radical (unpaired) electrons. The zero-order chi connectivity index (χ0) is 19.6. The Morgan fingerprint density at radius 2 is 1.93 bits per heavy atom. The molecule has 8 heteroatoms. The summed E-state index contributed by atoms with van der Waals surface area (Å²) in [4.78, 5) is 3.91. The van der Waals surface area contributed by atoms with E-state index < -0.39 is 10.0 Å². The van der Waals surface area contributed by atoms with Gasteiger partial charge in [-0.1, -0.05) is 36.4 Å². The zero-order valence-corrected chi connectivity index (χ0v) is 16.8. The minimum absolute atomic E-state index is 0.180. The van der Waals surface area contributed by atoms with Crippen molar-refractivity contribution in [2.45, 2.75) is 23.7 Å². The van der Waals surface area contributed by atoms with Crippen LogP contribution in [0.5, 0.6) is 0 Å². The first-order chi connectivity index (χ1) is 13.5. The van der Waals surface area contributed by atoms with Gasteiger partial charge >= 0.3 is 0 Å². The SMILES string of the molecule is Cn1nc2cccc(S(=O)(=O)NCCN3CCCC(c4ccccc4)C3)c2n1. The number of hydrogen-bond acceptors (Lipinski definition) is 5. The van der Waals surface area contributed by atoms with Gasteiger partial charge in [0.25, 0.3) is 0 Å². The van der Waals surface area contributed by atoms with Crippen LogP contribution in [0.1, 0.15) is 24.3 Å². The van der Waals surface area contributed by atoms with Crippen LogP contribution < -0.4 is 4.72 Å². The summed E-state index contributed by atoms with van der Waals surface area (Å²) in [5, 5.41) is 8.38. The molecule has 148 valence electrons. The normalized spacial score (nSPS) is 18.5. The maximum atomic E-state index is 12.8. The van der Waals surface area contributed by atoms with Gasteiger partial charge in [0.1, 0.15) is 15.9 Å². The highest BCUT2D eigenvalue weighted by molar-refractivity contribution is 7.89. The third-order valence-corrected chi connectivity index (χ3v) is 6.75. The Morgan fingerprint density at radius 3 is 2.75 bits per heavy atom. The first-order valence-corrected chi connectivity index (χ1v) is 11.1. The molecule has 0 saturated carbocycles. The van der Waals surface area contributed by atoms with E-state index in [-0.39, 0.29) is 4.90 Å². The number of nitrogens with zero attached hydrogens (tertiary/aromatic N) is 4. The van der Waals surface area contributed by atoms with Gasteiger partial charge in [0.05, 0.1) is 0 Å². The van der Waals surface area contributed by atoms with E-state index in [1.165, 1.54) is 16.8 Å². The maximum Gasteiger partial charge on any atom is 0.242 e. The Bertz CT molecular complexity index is 1050. The lowest BCUT2D eigenvalue weighted by Crippen LogP contribution is -2.40. The predicted molar refractivity (Wildman–Crippen MR) is 109 cm³/mol. The van der Waals surface area contributed by atoms with Crippen LogP contribution in [0.2, 0.25) is 0 Å². The van der Waals surface area contributed by atoms with Crippen molar-refractivity contribution in [1.29, 1.82) is 0 Å². The second-order valence-corrected chi connectivity index (χ2v) is 9.00. The lowest BCUT2D eigenvalue weighted by atomic mass is 9.91. The van der Waals surface area contributed by atoms with E-state index >= 15 is 0 Å². The molecule has 3 aromatic rings. The van der Waals surface area contributed by atoms with Crippen LogP contribution in [0.25, 0.3) is 11.0 Å². The number of rotatable bonds is 6. The van der Waals surface area contributed by atoms with Gasteiger partial charge in [-0.2, -0.15) is 15.0 Å². The molecule has 1 atom stereocenters. The second kappa shape index (κ2) is 7.98. The van der Waals surface area contributed by atoms with Crippen LogP contribution in [0, 0.1) is 0 Å². The standard InChI is InChI=1S/C20H25N5O2S/c1-24-22-18-10-5-11-19(20(18)23-24)28(26,27)21-12-14-25-13-6-9-17(15-25)16-7-3-2-4-8-16/h2-5,7-8,10-11,17,21H,6,9,12-15H2,1H3. The van der Waals surface area contributed by atoms with Crippen molar-refractivity contribution < 1.29 is 8.42 Å². The van der Waals surface area contributed by atoms with E-state index in [2.05, 4.69) is 44.1 Å². The summed E-state index contributed by atoms with van der Waals surface area (Å²) in [5.74, 6) is 0.514. The van der Waals surface area contributed by atoms with Crippen molar-refractivity contribution >= 4 is 21.1 Å². The molecule has 0 amide bonds. The van der Waals surface area contributed by atoms with Gasteiger partial charge in [-0.05, 0) is 43.0 Å². The first-order valence-electron chi connectivity index (χ1n) is 9.60. The van der Waals surface area contributed by atoms with Crippen molar-refractivity contribution in [3.8, 4) is 0 Å². The fourth-order valence-corrected chi connectivity index (χ4v) is 5.08. The van der Waals surface area contributed by atoms with E-state index in [0.717, 1.165) is 19.5 Å². The lowest BCUT2D eigenvalue weighted by Gasteiger charge is -2.33. The number of aryl methyl sites for hydroxylation is 1. The molecule has 1 aromatic heterocycles. The van der Waals surface area contributed by atoms with E-state index in [1.807, 2.05) is 6.07 Å². The van der Waals surface area contributed by atoms with Gasteiger partial charge in [0.2, 0.25) is 10.0 Å². The monoisotopic (exact) mass is 399 g/mol. The number of fused-ring (bicyclic) bond motifs is 1. The molecule has 1 aliphatic rings. The van der Waals surface area contributed by atoms with E-state index in [0.29, 0.717) is 30.0 Å². The summed E-state index contributed by atoms with van der Waals surface area (Å²) in [6.45, 7) is 3.04. The fourth-order valence-electron chi connectivity index (χ4n) is 3.90. The quantitative estimate of drug-likeness (QED) is 0.687. The zero-order valence-electron chi connectivity index (χ0n) is 16.0. The molecular formula is C20H25N5O2S. The van der Waals surface area contributed by atoms with Gasteiger partial charge in [-0.15, -0.1) is 0 Å². The van der Waals surface area contributed by atoms with E-state index in [1.54, 1.807) is 25.2 Å². The molecule has 28 heavy (non-hydrogen) atoms. The summed E-state index contributed by atoms with van der Waals surface area (Å²) in [7, 11) is -1.95. The van der Waals surface area contributed by atoms with Crippen LogP contribution in [-0.2, 0) is 17.1 Å². The number of hydrogen-bond donors (Lipinski definition) is 1. The molecule has 2 heterocycles. The second-order valence-electron chi connectivity index (χ2n) is 7.26. The van der Waals surface area contributed by atoms with Gasteiger partial charge < -0.3 is 4.90 Å². The fraction of sp³-hybridized carbons (Fsp3) is 0.400. The number of nitrogens with one attached hydrogen (secondary N) is 1. The third-order valence-electron chi connectivity index (χ3n) is 5.26. The van der Waals surface area contributed by atoms with Crippen LogP contribution in [0.3, 0.4) is 0 Å². The molecule has 4 rings (SSSR count). The largest absolute Gasteiger partial charge is 0.301 e. The summed E-state index contributed by atoms with van der Waals surface area (Å²) in [6.07, 6.45) is 2.31. The molecule has 1 unspecified atom stereocenters. The summed E-state index contributed by atoms with van der Waals surface area (Å²) in [5.41, 5.74) is 2.34. The van der Waals surface area contributed by atoms with Crippen molar-refractivity contribution in [2.24, 2.45) is 7.05 Å². The van der Waals surface area contributed by atoms with Crippen molar-refractivity contribution in [2.75, 3.05) is 26.2 Å². The average molecular weight is 400 g/mol. The Kier molecular flexibility index (Phi) is 5.43. The average Bonchev–Trinajstić information content (AvgIpc) is 3.09. The minimum atomic E-state index is -3.63. The number of sulfonamides is 1. The van der Waals surface area contributed by atoms with Crippen LogP contribution in [0.15, 0.2) is 53.4 Å². The molecule has 1 N–H and O–H groups in total. The van der Waals surface area contributed by atoms with E-state index in [9.17, 15) is 8.42 Å². The predicted octanol–water partition coefficient (Wildman–Crippen LogP) is 2.13. The van der Waals surface area contributed by atoms with Gasteiger partial charge in [0.15, 0.2) is 0 Å². The summed E-state index contributed by atoms with van der Waals surface area (Å²) < 4.78 is 28.3. The van der Waals surface area contributed by atoms with Crippen molar-refractivity contribution in [1.82, 2.24) is 24.6 Å². The smallest absolute Gasteiger partial charge is 0.242 e. The number of benzene rings is 2. The Morgan fingerprint density at radius 1 is 1.11 bits per heavy atom. The Labute approximate surface area is 165 Å². The first kappa shape index (κ1) is 19.0. The van der Waals surface area contributed by atoms with Crippen LogP contribution >= 0.6 is 0 Å². The minimum Gasteiger partial charge on any atom is -0.301 e. The highest BCUT2D eigenvalue weighted by Gasteiger charge is 2.23. The molecule has 0 aliphatic carbocycles. The molecule has 0 bridgehead atoms. The van der Waals surface area contributed by atoms with Gasteiger partial charge in [-0.25, -0.2) is 13.1 Å². The molecular weight excluding hydrogens is 374 g/mol. The lowest BCUT2D eigenvalue weighted by molar-refractivity contribution is 0.211. The molecule has 2 aromatic carbocycles. The van der Waals surface area contributed by atoms with Gasteiger partial charge in [0, 0.05) is 26.7 Å². The highest BCUT2D eigenvalue weighted by atomic mass is 32.2. The third kappa shape index (κ3) is 4.09. The Balaban J connectivity index is 1.39. The Hall–Kier alpha value is -2.29. The van der Waals surface area contributed by atoms with Crippen molar-refractivity contribution in [3.63, 3.8) is 0 Å². The van der Waals surface area contributed by atoms with Crippen LogP contribution in [0.4, 0.5) is 0 Å². The topological polar surface area (TPSA) is 80.1 Å². The van der Waals surface area contributed by atoms with Gasteiger partial charge in [-0.3, -0.25) is 0 Å². The van der Waals surface area contributed by atoms with Crippen molar-refractivity contribution in [3.05, 3.63) is 54.1 Å². The molecule has 1 saturated heterocycles. The molecule has 0 spiro atoms. The highest BCUT2D eigenvalue weighted by Crippen LogP contribution is 2.26. The summed E-state index contributed by atoms with van der Waals surface area (Å²) in [6, 6.07) is 15.6. The summed E-state index contributed by atoms with van der Waals surface area (Å²) >= 11 is 0. The molecule has 7 nitrogen and oxygen atoms in total.